The van der Waals surface area contributed by atoms with E-state index in [1.807, 2.05) is 13.0 Å². The number of hydrogen-bond donors (Lipinski definition) is 0. The van der Waals surface area contributed by atoms with E-state index < -0.39 is 0 Å². The lowest BCUT2D eigenvalue weighted by Gasteiger charge is -2.35. The van der Waals surface area contributed by atoms with Crippen molar-refractivity contribution >= 4 is 23.5 Å². The van der Waals surface area contributed by atoms with Crippen molar-refractivity contribution in [1.82, 2.24) is 19.8 Å². The molecule has 5 rings (SSSR count). The van der Waals surface area contributed by atoms with Crippen molar-refractivity contribution in [2.45, 2.75) is 24.4 Å². The van der Waals surface area contributed by atoms with Crippen LogP contribution in [0.4, 0.5) is 5.82 Å². The quantitative estimate of drug-likeness (QED) is 0.366. The number of aryl methyl sites for hydroxylation is 1. The predicted octanol–water partition coefficient (Wildman–Crippen LogP) is 3.46. The molecule has 0 atom stereocenters. The third-order valence-electron chi connectivity index (χ3n) is 6.28. The van der Waals surface area contributed by atoms with Crippen LogP contribution in [0.25, 0.3) is 0 Å². The van der Waals surface area contributed by atoms with Gasteiger partial charge in [0.05, 0.1) is 19.0 Å². The number of benzene rings is 1. The number of anilines is 1. The SMILES string of the molecule is Cc1cc(N2CCN(Cc3ccccc3)CC2)nc(SCc2ccc(C(=O)N3CCOCC3)o2)n1. The Morgan fingerprint density at radius 1 is 0.971 bits per heavy atom. The highest BCUT2D eigenvalue weighted by Gasteiger charge is 2.22. The molecule has 2 fully saturated rings. The van der Waals surface area contributed by atoms with Crippen molar-refractivity contribution in [3.05, 3.63) is 71.3 Å². The Morgan fingerprint density at radius 3 is 2.51 bits per heavy atom. The Bertz CT molecular complexity index is 1130. The van der Waals surface area contributed by atoms with Gasteiger partial charge in [-0.05, 0) is 24.6 Å². The van der Waals surface area contributed by atoms with Crippen molar-refractivity contribution in [2.24, 2.45) is 0 Å². The second-order valence-electron chi connectivity index (χ2n) is 8.86. The number of carbonyl (C=O) groups excluding carboxylic acids is 1. The minimum Gasteiger partial charge on any atom is -0.455 e. The molecule has 4 heterocycles. The molecule has 3 aromatic rings. The highest BCUT2D eigenvalue weighted by molar-refractivity contribution is 7.98. The molecule has 1 amide bonds. The predicted molar refractivity (Wildman–Crippen MR) is 136 cm³/mol. The zero-order valence-corrected chi connectivity index (χ0v) is 20.9. The van der Waals surface area contributed by atoms with Crippen molar-refractivity contribution in [2.75, 3.05) is 57.4 Å². The molecule has 2 saturated heterocycles. The fourth-order valence-corrected chi connectivity index (χ4v) is 5.15. The molecule has 0 N–H and O–H groups in total. The third kappa shape index (κ3) is 6.22. The second kappa shape index (κ2) is 11.2. The summed E-state index contributed by atoms with van der Waals surface area (Å²) >= 11 is 1.53. The van der Waals surface area contributed by atoms with Gasteiger partial charge in [-0.1, -0.05) is 42.1 Å². The normalized spacial score (nSPS) is 17.1. The van der Waals surface area contributed by atoms with E-state index in [2.05, 4.69) is 51.2 Å². The molecular formula is C26H31N5O3S. The first-order valence-corrected chi connectivity index (χ1v) is 13.1. The molecule has 8 nitrogen and oxygen atoms in total. The monoisotopic (exact) mass is 493 g/mol. The molecule has 0 bridgehead atoms. The molecule has 35 heavy (non-hydrogen) atoms. The molecule has 0 unspecified atom stereocenters. The lowest BCUT2D eigenvalue weighted by Crippen LogP contribution is -2.46. The maximum Gasteiger partial charge on any atom is 0.289 e. The van der Waals surface area contributed by atoms with Crippen molar-refractivity contribution < 1.29 is 13.9 Å². The summed E-state index contributed by atoms with van der Waals surface area (Å²) in [5.74, 6) is 2.59. The van der Waals surface area contributed by atoms with Gasteiger partial charge in [0, 0.05) is 57.6 Å². The molecule has 0 radical (unpaired) electrons. The fraction of sp³-hybridized carbons (Fsp3) is 0.423. The van der Waals surface area contributed by atoms with Crippen LogP contribution in [-0.4, -0.2) is 78.2 Å². The molecule has 1 aromatic carbocycles. The molecule has 2 aromatic heterocycles. The fourth-order valence-electron chi connectivity index (χ4n) is 4.36. The Kier molecular flexibility index (Phi) is 7.66. The average Bonchev–Trinajstić information content (AvgIpc) is 3.37. The van der Waals surface area contributed by atoms with E-state index in [-0.39, 0.29) is 5.91 Å². The summed E-state index contributed by atoms with van der Waals surface area (Å²) in [6.07, 6.45) is 0. The first kappa shape index (κ1) is 23.8. The van der Waals surface area contributed by atoms with Crippen LogP contribution in [0.2, 0.25) is 0 Å². The molecule has 9 heteroatoms. The van der Waals surface area contributed by atoms with Crippen molar-refractivity contribution in [3.63, 3.8) is 0 Å². The van der Waals surface area contributed by atoms with Crippen LogP contribution in [0.3, 0.4) is 0 Å². The maximum atomic E-state index is 12.6. The largest absolute Gasteiger partial charge is 0.455 e. The van der Waals surface area contributed by atoms with E-state index in [0.29, 0.717) is 37.8 Å². The van der Waals surface area contributed by atoms with Gasteiger partial charge in [0.1, 0.15) is 11.6 Å². The van der Waals surface area contributed by atoms with Gasteiger partial charge in [0.15, 0.2) is 10.9 Å². The minimum absolute atomic E-state index is 0.0787. The number of amides is 1. The van der Waals surface area contributed by atoms with Gasteiger partial charge in [0.2, 0.25) is 0 Å². The summed E-state index contributed by atoms with van der Waals surface area (Å²) in [6, 6.07) is 16.3. The van der Waals surface area contributed by atoms with E-state index in [1.165, 1.54) is 17.3 Å². The van der Waals surface area contributed by atoms with Crippen LogP contribution in [0.1, 0.15) is 27.6 Å². The average molecular weight is 494 g/mol. The Hall–Kier alpha value is -2.88. The molecule has 0 saturated carbocycles. The van der Waals surface area contributed by atoms with Gasteiger partial charge in [-0.2, -0.15) is 0 Å². The van der Waals surface area contributed by atoms with Gasteiger partial charge in [-0.25, -0.2) is 9.97 Å². The molecular weight excluding hydrogens is 462 g/mol. The Morgan fingerprint density at radius 2 is 1.74 bits per heavy atom. The molecule has 184 valence electrons. The van der Waals surface area contributed by atoms with Crippen molar-refractivity contribution in [1.29, 1.82) is 0 Å². The Balaban J connectivity index is 1.16. The smallest absolute Gasteiger partial charge is 0.289 e. The summed E-state index contributed by atoms with van der Waals surface area (Å²) in [5.41, 5.74) is 2.30. The number of morpholine rings is 1. The summed E-state index contributed by atoms with van der Waals surface area (Å²) in [6.45, 7) is 9.24. The van der Waals surface area contributed by atoms with Crippen LogP contribution >= 0.6 is 11.8 Å². The van der Waals surface area contributed by atoms with Crippen molar-refractivity contribution in [3.8, 4) is 0 Å². The summed E-state index contributed by atoms with van der Waals surface area (Å²) < 4.78 is 11.2. The zero-order valence-electron chi connectivity index (χ0n) is 20.1. The van der Waals surface area contributed by atoms with E-state index in [0.717, 1.165) is 55.2 Å². The number of thioether (sulfide) groups is 1. The zero-order chi connectivity index (χ0) is 24.0. The lowest BCUT2D eigenvalue weighted by atomic mass is 10.2. The first-order chi connectivity index (χ1) is 17.1. The van der Waals surface area contributed by atoms with Gasteiger partial charge in [-0.15, -0.1) is 0 Å². The van der Waals surface area contributed by atoms with Crippen LogP contribution in [0.15, 0.2) is 58.1 Å². The maximum absolute atomic E-state index is 12.6. The van der Waals surface area contributed by atoms with Crippen LogP contribution in [-0.2, 0) is 17.0 Å². The molecule has 0 spiro atoms. The van der Waals surface area contributed by atoms with E-state index >= 15 is 0 Å². The molecule has 2 aliphatic heterocycles. The minimum atomic E-state index is -0.0787. The van der Waals surface area contributed by atoms with Gasteiger partial charge in [-0.3, -0.25) is 9.69 Å². The number of carbonyl (C=O) groups is 1. The highest BCUT2D eigenvalue weighted by Crippen LogP contribution is 2.25. The first-order valence-electron chi connectivity index (χ1n) is 12.1. The highest BCUT2D eigenvalue weighted by atomic mass is 32.2. The number of aromatic nitrogens is 2. The number of ether oxygens (including phenoxy) is 1. The molecule has 0 aliphatic carbocycles. The van der Waals surface area contributed by atoms with Gasteiger partial charge in [0.25, 0.3) is 5.91 Å². The number of hydrogen-bond acceptors (Lipinski definition) is 8. The third-order valence-corrected chi connectivity index (χ3v) is 7.15. The van der Waals surface area contributed by atoms with E-state index in [4.69, 9.17) is 14.1 Å². The standard InChI is InChI=1S/C26H31N5O3S/c1-20-17-24(30-11-9-29(10-12-30)18-21-5-3-2-4-6-21)28-26(27-20)35-19-22-7-8-23(34-22)25(32)31-13-15-33-16-14-31/h2-8,17H,9-16,18-19H2,1H3. The van der Waals surface area contributed by atoms with Gasteiger partial charge >= 0.3 is 0 Å². The van der Waals surface area contributed by atoms with E-state index in [1.54, 1.807) is 11.0 Å². The topological polar surface area (TPSA) is 74.9 Å². The Labute approximate surface area is 210 Å². The number of furan rings is 1. The second-order valence-corrected chi connectivity index (χ2v) is 9.80. The van der Waals surface area contributed by atoms with Crippen LogP contribution < -0.4 is 4.90 Å². The number of nitrogens with zero attached hydrogens (tertiary/aromatic N) is 5. The lowest BCUT2D eigenvalue weighted by molar-refractivity contribution is 0.0282. The van der Waals surface area contributed by atoms with Gasteiger partial charge < -0.3 is 19.0 Å². The summed E-state index contributed by atoms with van der Waals surface area (Å²) in [7, 11) is 0. The number of rotatable bonds is 7. The molecule has 2 aliphatic rings. The summed E-state index contributed by atoms with van der Waals surface area (Å²) in [5, 5.41) is 0.726. The van der Waals surface area contributed by atoms with Crippen LogP contribution in [0, 0.1) is 6.92 Å². The van der Waals surface area contributed by atoms with E-state index in [9.17, 15) is 4.79 Å². The summed E-state index contributed by atoms with van der Waals surface area (Å²) in [4.78, 5) is 28.7. The van der Waals surface area contributed by atoms with Crippen LogP contribution in [0.5, 0.6) is 0 Å². The number of piperazine rings is 1.